The van der Waals surface area contributed by atoms with Crippen LogP contribution in [0.2, 0.25) is 0 Å². The normalized spacial score (nSPS) is 16.3. The lowest BCUT2D eigenvalue weighted by Crippen LogP contribution is -2.56. The smallest absolute Gasteiger partial charge is 0.407 e. The zero-order valence-electron chi connectivity index (χ0n) is 20.7. The molecule has 0 aliphatic heterocycles. The summed E-state index contributed by atoms with van der Waals surface area (Å²) in [4.78, 5) is 39.2. The third-order valence-electron chi connectivity index (χ3n) is 7.28. The Balaban J connectivity index is 1.43. The van der Waals surface area contributed by atoms with Crippen LogP contribution in [0.1, 0.15) is 63.5 Å². The topological polar surface area (TPSA) is 95.9 Å². The first-order valence-corrected chi connectivity index (χ1v) is 12.3. The number of aliphatic carboxylic acids is 1. The Bertz CT molecular complexity index is 1070. The molecule has 4 rings (SSSR count). The predicted molar refractivity (Wildman–Crippen MR) is 133 cm³/mol. The van der Waals surface area contributed by atoms with Crippen LogP contribution in [0, 0.1) is 5.41 Å². The number of carbonyl (C=O) groups excluding carboxylic acids is 2. The lowest BCUT2D eigenvalue weighted by molar-refractivity contribution is -0.154. The maximum Gasteiger partial charge on any atom is 0.407 e. The molecule has 35 heavy (non-hydrogen) atoms. The molecule has 1 fully saturated rings. The fourth-order valence-corrected chi connectivity index (χ4v) is 5.44. The molecular weight excluding hydrogens is 444 g/mol. The average Bonchev–Trinajstić information content (AvgIpc) is 3.42. The minimum absolute atomic E-state index is 0.0397. The Morgan fingerprint density at radius 3 is 2.06 bits per heavy atom. The monoisotopic (exact) mass is 478 g/mol. The van der Waals surface area contributed by atoms with E-state index in [-0.39, 0.29) is 31.5 Å². The number of nitrogens with zero attached hydrogens (tertiary/aromatic N) is 1. The highest BCUT2D eigenvalue weighted by molar-refractivity contribution is 5.87. The molecule has 2 aliphatic rings. The Morgan fingerprint density at radius 1 is 1.00 bits per heavy atom. The molecule has 0 heterocycles. The van der Waals surface area contributed by atoms with Crippen LogP contribution in [0.4, 0.5) is 4.79 Å². The van der Waals surface area contributed by atoms with Gasteiger partial charge in [0.2, 0.25) is 5.91 Å². The second-order valence-electron chi connectivity index (χ2n) is 10.6. The standard InChI is InChI=1S/C28H34N2O5/c1-27(2,3)30(16-24(31)32)25(33)28(14-8-9-15-28)18-29-26(34)35-17-23-21-12-6-4-10-19(21)20-11-5-7-13-22(20)23/h4-7,10-13,23H,8-9,14-18H2,1-3H3,(H,29,34)(H,31,32). The van der Waals surface area contributed by atoms with Gasteiger partial charge >= 0.3 is 12.1 Å². The molecule has 186 valence electrons. The average molecular weight is 479 g/mol. The number of fused-ring (bicyclic) bond motifs is 3. The molecule has 7 heteroatoms. The molecule has 0 unspecified atom stereocenters. The lowest BCUT2D eigenvalue weighted by atomic mass is 9.83. The van der Waals surface area contributed by atoms with E-state index in [4.69, 9.17) is 4.74 Å². The first-order chi connectivity index (χ1) is 16.6. The SMILES string of the molecule is CC(C)(C)N(CC(=O)O)C(=O)C1(CNC(=O)OCC2c3ccccc3-c3ccccc32)CCCC1. The van der Waals surface area contributed by atoms with Gasteiger partial charge in [-0.1, -0.05) is 61.4 Å². The van der Waals surface area contributed by atoms with Crippen LogP contribution in [0.3, 0.4) is 0 Å². The molecular formula is C28H34N2O5. The van der Waals surface area contributed by atoms with E-state index in [1.165, 1.54) is 4.90 Å². The van der Waals surface area contributed by atoms with Gasteiger partial charge in [-0.3, -0.25) is 9.59 Å². The zero-order valence-corrected chi connectivity index (χ0v) is 20.7. The molecule has 2 aromatic carbocycles. The molecule has 0 atom stereocenters. The van der Waals surface area contributed by atoms with Gasteiger partial charge in [-0.15, -0.1) is 0 Å². The molecule has 7 nitrogen and oxygen atoms in total. The second kappa shape index (κ2) is 9.72. The summed E-state index contributed by atoms with van der Waals surface area (Å²) in [6.07, 6.45) is 2.39. The van der Waals surface area contributed by atoms with Gasteiger partial charge in [-0.05, 0) is 55.9 Å². The Hall–Kier alpha value is -3.35. The number of hydrogen-bond donors (Lipinski definition) is 2. The summed E-state index contributed by atoms with van der Waals surface area (Å²) in [5.74, 6) is -1.31. The minimum atomic E-state index is -1.05. The van der Waals surface area contributed by atoms with E-state index in [0.717, 1.165) is 35.1 Å². The number of rotatable bonds is 7. The van der Waals surface area contributed by atoms with Crippen LogP contribution in [0.25, 0.3) is 11.1 Å². The van der Waals surface area contributed by atoms with Gasteiger partial charge in [0.15, 0.2) is 0 Å². The van der Waals surface area contributed by atoms with Crippen molar-refractivity contribution in [2.75, 3.05) is 19.7 Å². The van der Waals surface area contributed by atoms with Gasteiger partial charge in [0.25, 0.3) is 0 Å². The van der Waals surface area contributed by atoms with Crippen molar-refractivity contribution < 1.29 is 24.2 Å². The summed E-state index contributed by atoms with van der Waals surface area (Å²) in [6, 6.07) is 16.3. The molecule has 1 saturated carbocycles. The van der Waals surface area contributed by atoms with Crippen molar-refractivity contribution in [1.29, 1.82) is 0 Å². The van der Waals surface area contributed by atoms with Crippen molar-refractivity contribution in [3.63, 3.8) is 0 Å². The highest BCUT2D eigenvalue weighted by Crippen LogP contribution is 2.44. The third kappa shape index (κ3) is 5.04. The van der Waals surface area contributed by atoms with Crippen molar-refractivity contribution in [3.05, 3.63) is 59.7 Å². The number of amides is 2. The summed E-state index contributed by atoms with van der Waals surface area (Å²) < 4.78 is 5.65. The molecule has 0 saturated heterocycles. The van der Waals surface area contributed by atoms with E-state index in [1.807, 2.05) is 45.0 Å². The van der Waals surface area contributed by atoms with Gasteiger partial charge < -0.3 is 20.1 Å². The first-order valence-electron chi connectivity index (χ1n) is 12.3. The molecule has 2 aliphatic carbocycles. The van der Waals surface area contributed by atoms with Crippen LogP contribution in [-0.4, -0.2) is 53.2 Å². The number of carboxylic acids is 1. The van der Waals surface area contributed by atoms with Crippen molar-refractivity contribution in [2.24, 2.45) is 5.41 Å². The van der Waals surface area contributed by atoms with E-state index in [0.29, 0.717) is 12.8 Å². The summed E-state index contributed by atoms with van der Waals surface area (Å²) in [6.45, 7) is 5.46. The highest BCUT2D eigenvalue weighted by Gasteiger charge is 2.46. The van der Waals surface area contributed by atoms with E-state index < -0.39 is 23.0 Å². The second-order valence-corrected chi connectivity index (χ2v) is 10.6. The summed E-state index contributed by atoms with van der Waals surface area (Å²) >= 11 is 0. The van der Waals surface area contributed by atoms with E-state index in [9.17, 15) is 19.5 Å². The van der Waals surface area contributed by atoms with Crippen molar-refractivity contribution in [1.82, 2.24) is 10.2 Å². The van der Waals surface area contributed by atoms with E-state index >= 15 is 0 Å². The number of alkyl carbamates (subject to hydrolysis) is 1. The Morgan fingerprint density at radius 2 is 1.54 bits per heavy atom. The maximum atomic E-state index is 13.6. The largest absolute Gasteiger partial charge is 0.480 e. The fourth-order valence-electron chi connectivity index (χ4n) is 5.44. The maximum absolute atomic E-state index is 13.6. The van der Waals surface area contributed by atoms with Crippen LogP contribution in [-0.2, 0) is 14.3 Å². The van der Waals surface area contributed by atoms with Crippen LogP contribution in [0.15, 0.2) is 48.5 Å². The van der Waals surface area contributed by atoms with Crippen LogP contribution < -0.4 is 5.32 Å². The number of nitrogens with one attached hydrogen (secondary N) is 1. The van der Waals surface area contributed by atoms with Gasteiger partial charge in [-0.2, -0.15) is 0 Å². The number of hydrogen-bond acceptors (Lipinski definition) is 4. The Labute approximate surface area is 206 Å². The summed E-state index contributed by atoms with van der Waals surface area (Å²) in [7, 11) is 0. The van der Waals surface area contributed by atoms with Gasteiger partial charge in [0, 0.05) is 18.0 Å². The molecule has 0 radical (unpaired) electrons. The number of carbonyl (C=O) groups is 3. The molecule has 0 spiro atoms. The van der Waals surface area contributed by atoms with Crippen molar-refractivity contribution in [2.45, 2.75) is 57.9 Å². The van der Waals surface area contributed by atoms with Crippen molar-refractivity contribution in [3.8, 4) is 11.1 Å². The van der Waals surface area contributed by atoms with Gasteiger partial charge in [-0.25, -0.2) is 4.79 Å². The highest BCUT2D eigenvalue weighted by atomic mass is 16.5. The third-order valence-corrected chi connectivity index (χ3v) is 7.28. The fraction of sp³-hybridized carbons (Fsp3) is 0.464. The van der Waals surface area contributed by atoms with Crippen molar-refractivity contribution >= 4 is 18.0 Å². The van der Waals surface area contributed by atoms with Crippen LogP contribution >= 0.6 is 0 Å². The molecule has 2 aromatic rings. The molecule has 0 bridgehead atoms. The first kappa shape index (κ1) is 24.8. The lowest BCUT2D eigenvalue weighted by Gasteiger charge is -2.41. The van der Waals surface area contributed by atoms with Crippen LogP contribution in [0.5, 0.6) is 0 Å². The zero-order chi connectivity index (χ0) is 25.2. The number of benzene rings is 2. The Kier molecular flexibility index (Phi) is 6.88. The van der Waals surface area contributed by atoms with E-state index in [1.54, 1.807) is 0 Å². The summed E-state index contributed by atoms with van der Waals surface area (Å²) in [5, 5.41) is 12.2. The number of carboxylic acid groups (broad SMARTS) is 1. The quantitative estimate of drug-likeness (QED) is 0.596. The predicted octanol–water partition coefficient (Wildman–Crippen LogP) is 4.80. The summed E-state index contributed by atoms with van der Waals surface area (Å²) in [5.41, 5.74) is 3.14. The van der Waals surface area contributed by atoms with E-state index in [2.05, 4.69) is 29.6 Å². The molecule has 2 amide bonds. The van der Waals surface area contributed by atoms with Gasteiger partial charge in [0.1, 0.15) is 13.2 Å². The molecule has 2 N–H and O–H groups in total. The number of ether oxygens (including phenoxy) is 1. The minimum Gasteiger partial charge on any atom is -0.480 e. The molecule has 0 aromatic heterocycles. The van der Waals surface area contributed by atoms with Gasteiger partial charge in [0.05, 0.1) is 5.41 Å².